The highest BCUT2D eigenvalue weighted by Gasteiger charge is 2.20. The molecule has 0 aliphatic carbocycles. The molecular formula is C61H115NO5. The smallest absolute Gasteiger partial charge is 0.305 e. The number of amides is 1. The van der Waals surface area contributed by atoms with Crippen LogP contribution in [0.2, 0.25) is 0 Å². The van der Waals surface area contributed by atoms with Crippen LogP contribution in [-0.2, 0) is 14.3 Å². The number of allylic oxidation sites excluding steroid dienone is 6. The van der Waals surface area contributed by atoms with E-state index in [2.05, 4.69) is 55.6 Å². The Balaban J connectivity index is 3.37. The summed E-state index contributed by atoms with van der Waals surface area (Å²) in [5.41, 5.74) is 0. The van der Waals surface area contributed by atoms with E-state index in [0.29, 0.717) is 25.9 Å². The molecule has 6 heteroatoms. The van der Waals surface area contributed by atoms with Gasteiger partial charge in [0.2, 0.25) is 5.91 Å². The molecule has 0 aromatic rings. The van der Waals surface area contributed by atoms with Crippen molar-refractivity contribution < 1.29 is 24.5 Å². The summed E-state index contributed by atoms with van der Waals surface area (Å²) >= 11 is 0. The molecular weight excluding hydrogens is 827 g/mol. The lowest BCUT2D eigenvalue weighted by Crippen LogP contribution is -2.45. The van der Waals surface area contributed by atoms with Crippen LogP contribution in [0.4, 0.5) is 0 Å². The zero-order chi connectivity index (χ0) is 48.6. The first kappa shape index (κ1) is 65.1. The maximum Gasteiger partial charge on any atom is 0.305 e. The maximum atomic E-state index is 12.4. The summed E-state index contributed by atoms with van der Waals surface area (Å²) in [6, 6.07) is -0.542. The molecule has 0 aliphatic rings. The number of ether oxygens (including phenoxy) is 1. The molecule has 0 aliphatic heterocycles. The van der Waals surface area contributed by atoms with Crippen molar-refractivity contribution in [2.24, 2.45) is 0 Å². The van der Waals surface area contributed by atoms with Crippen LogP contribution in [0.25, 0.3) is 0 Å². The van der Waals surface area contributed by atoms with Gasteiger partial charge >= 0.3 is 5.97 Å². The molecule has 0 fully saturated rings. The predicted octanol–water partition coefficient (Wildman–Crippen LogP) is 18.4. The highest BCUT2D eigenvalue weighted by Crippen LogP contribution is 2.17. The van der Waals surface area contributed by atoms with Gasteiger partial charge in [0.1, 0.15) is 0 Å². The van der Waals surface area contributed by atoms with Gasteiger partial charge in [0.25, 0.3) is 0 Å². The van der Waals surface area contributed by atoms with Crippen LogP contribution in [0.5, 0.6) is 0 Å². The van der Waals surface area contributed by atoms with E-state index in [9.17, 15) is 19.8 Å². The molecule has 0 spiro atoms. The zero-order valence-electron chi connectivity index (χ0n) is 44.9. The fourth-order valence-electron chi connectivity index (χ4n) is 9.08. The van der Waals surface area contributed by atoms with Crippen molar-refractivity contribution in [3.63, 3.8) is 0 Å². The van der Waals surface area contributed by atoms with E-state index in [1.807, 2.05) is 0 Å². The second-order valence-electron chi connectivity index (χ2n) is 20.3. The molecule has 1 amide bonds. The van der Waals surface area contributed by atoms with Gasteiger partial charge in [-0.15, -0.1) is 0 Å². The third-order valence-electron chi connectivity index (χ3n) is 13.7. The molecule has 0 aromatic carbocycles. The predicted molar refractivity (Wildman–Crippen MR) is 292 cm³/mol. The molecule has 0 rings (SSSR count). The van der Waals surface area contributed by atoms with E-state index in [-0.39, 0.29) is 18.5 Å². The van der Waals surface area contributed by atoms with Gasteiger partial charge in [-0.1, -0.05) is 256 Å². The van der Waals surface area contributed by atoms with Gasteiger partial charge in [0, 0.05) is 12.8 Å². The minimum atomic E-state index is -0.664. The molecule has 394 valence electrons. The van der Waals surface area contributed by atoms with Crippen molar-refractivity contribution in [3.8, 4) is 0 Å². The molecule has 0 heterocycles. The van der Waals surface area contributed by atoms with Gasteiger partial charge in [-0.05, 0) is 83.5 Å². The van der Waals surface area contributed by atoms with Gasteiger partial charge in [-0.2, -0.15) is 0 Å². The second-order valence-corrected chi connectivity index (χ2v) is 20.3. The second kappa shape index (κ2) is 56.7. The summed E-state index contributed by atoms with van der Waals surface area (Å²) in [4.78, 5) is 24.5. The number of hydrogen-bond donors (Lipinski definition) is 3. The molecule has 0 bridgehead atoms. The number of aliphatic hydroxyl groups is 2. The SMILES string of the molecule is CCCCCC/C=C\C/C=C\CCCCCCCC(=O)OCCCCCCCCCCCCCC/C=C\CCCCCCCCCCCC(=O)NC(CO)C(O)CCCCCCCCCCC. The van der Waals surface area contributed by atoms with Crippen molar-refractivity contribution in [1.82, 2.24) is 5.32 Å². The molecule has 0 saturated carbocycles. The minimum absolute atomic E-state index is 0.000303. The number of hydrogen-bond acceptors (Lipinski definition) is 5. The zero-order valence-corrected chi connectivity index (χ0v) is 44.9. The number of unbranched alkanes of at least 4 members (excludes halogenated alkanes) is 38. The molecule has 0 radical (unpaired) electrons. The first-order chi connectivity index (χ1) is 33.0. The third kappa shape index (κ3) is 53.3. The topological polar surface area (TPSA) is 95.9 Å². The third-order valence-corrected chi connectivity index (χ3v) is 13.7. The molecule has 6 nitrogen and oxygen atoms in total. The van der Waals surface area contributed by atoms with Gasteiger partial charge in [0.05, 0.1) is 25.4 Å². The maximum absolute atomic E-state index is 12.4. The quantitative estimate of drug-likeness (QED) is 0.0321. The van der Waals surface area contributed by atoms with E-state index in [1.165, 1.54) is 231 Å². The number of esters is 1. The Morgan fingerprint density at radius 3 is 1.16 bits per heavy atom. The van der Waals surface area contributed by atoms with E-state index in [1.54, 1.807) is 0 Å². The molecule has 0 saturated heterocycles. The lowest BCUT2D eigenvalue weighted by molar-refractivity contribution is -0.143. The van der Waals surface area contributed by atoms with Crippen LogP contribution in [-0.4, -0.2) is 47.4 Å². The van der Waals surface area contributed by atoms with Gasteiger partial charge in [-0.25, -0.2) is 0 Å². The lowest BCUT2D eigenvalue weighted by atomic mass is 10.0. The van der Waals surface area contributed by atoms with Crippen LogP contribution < -0.4 is 5.32 Å². The van der Waals surface area contributed by atoms with Crippen molar-refractivity contribution in [1.29, 1.82) is 0 Å². The summed E-state index contributed by atoms with van der Waals surface area (Å²) in [7, 11) is 0. The van der Waals surface area contributed by atoms with Crippen molar-refractivity contribution in [3.05, 3.63) is 36.5 Å². The minimum Gasteiger partial charge on any atom is -0.466 e. The number of rotatable bonds is 55. The largest absolute Gasteiger partial charge is 0.466 e. The molecule has 0 aromatic heterocycles. The Morgan fingerprint density at radius 2 is 0.746 bits per heavy atom. The normalized spacial score (nSPS) is 12.8. The van der Waals surface area contributed by atoms with Gasteiger partial charge < -0.3 is 20.3 Å². The van der Waals surface area contributed by atoms with Crippen LogP contribution in [0, 0.1) is 0 Å². The molecule has 2 unspecified atom stereocenters. The summed E-state index contributed by atoms with van der Waals surface area (Å²) in [6.45, 7) is 4.91. The van der Waals surface area contributed by atoms with Crippen molar-refractivity contribution in [2.75, 3.05) is 13.2 Å². The highest BCUT2D eigenvalue weighted by atomic mass is 16.5. The van der Waals surface area contributed by atoms with E-state index in [0.717, 1.165) is 51.4 Å². The lowest BCUT2D eigenvalue weighted by Gasteiger charge is -2.22. The fourth-order valence-corrected chi connectivity index (χ4v) is 9.08. The van der Waals surface area contributed by atoms with Crippen LogP contribution in [0.15, 0.2) is 36.5 Å². The summed E-state index contributed by atoms with van der Waals surface area (Å²) in [5, 5.41) is 23.1. The van der Waals surface area contributed by atoms with Crippen LogP contribution >= 0.6 is 0 Å². The Labute approximate surface area is 417 Å². The van der Waals surface area contributed by atoms with E-state index < -0.39 is 12.1 Å². The monoisotopic (exact) mass is 942 g/mol. The van der Waals surface area contributed by atoms with Crippen molar-refractivity contribution in [2.45, 2.75) is 328 Å². The van der Waals surface area contributed by atoms with Gasteiger partial charge in [0.15, 0.2) is 0 Å². The first-order valence-electron chi connectivity index (χ1n) is 29.7. The Bertz CT molecular complexity index is 1090. The first-order valence-corrected chi connectivity index (χ1v) is 29.7. The Morgan fingerprint density at radius 1 is 0.418 bits per heavy atom. The molecule has 67 heavy (non-hydrogen) atoms. The molecule has 3 N–H and O–H groups in total. The Kier molecular flexibility index (Phi) is 55.0. The number of aliphatic hydroxyl groups excluding tert-OH is 2. The van der Waals surface area contributed by atoms with Crippen LogP contribution in [0.1, 0.15) is 316 Å². The summed E-state index contributed by atoms with van der Waals surface area (Å²) in [5.74, 6) is -0.0408. The van der Waals surface area contributed by atoms with Gasteiger partial charge in [-0.3, -0.25) is 9.59 Å². The number of carbonyl (C=O) groups is 2. The summed E-state index contributed by atoms with van der Waals surface area (Å²) in [6.07, 6.45) is 70.1. The fraction of sp³-hybridized carbons (Fsp3) is 0.869. The Hall–Kier alpha value is -1.92. The molecule has 2 atom stereocenters. The highest BCUT2D eigenvalue weighted by molar-refractivity contribution is 5.76. The number of carbonyl (C=O) groups excluding carboxylic acids is 2. The standard InChI is InChI=1S/C61H115NO5/c1-3-5-7-9-11-13-14-15-16-29-32-35-39-43-47-51-55-61(66)67-56-52-48-44-40-36-33-30-27-25-23-21-19-17-18-20-22-24-26-28-31-34-38-42-46-50-54-60(65)62-58(57-63)59(64)53-49-45-41-37-12-10-8-6-4-2/h13-14,16,18,20,29,58-59,63-64H,3-12,15,17,19,21-28,30-57H2,1-2H3,(H,62,65)/b14-13-,20-18-,29-16-. The average Bonchev–Trinajstić information content (AvgIpc) is 3.33. The average molecular weight is 943 g/mol. The van der Waals surface area contributed by atoms with E-state index >= 15 is 0 Å². The van der Waals surface area contributed by atoms with Crippen molar-refractivity contribution >= 4 is 11.9 Å². The van der Waals surface area contributed by atoms with Crippen LogP contribution in [0.3, 0.4) is 0 Å². The van der Waals surface area contributed by atoms with E-state index in [4.69, 9.17) is 4.74 Å². The number of nitrogens with one attached hydrogen (secondary N) is 1. The summed E-state index contributed by atoms with van der Waals surface area (Å²) < 4.78 is 5.48.